The molecule has 2 atom stereocenters. The molecule has 0 radical (unpaired) electrons. The predicted molar refractivity (Wildman–Crippen MR) is 145 cm³/mol. The van der Waals surface area contributed by atoms with E-state index in [2.05, 4.69) is 0 Å². The van der Waals surface area contributed by atoms with E-state index in [1.54, 1.807) is 38.1 Å². The normalized spacial score (nSPS) is 14.0. The minimum Gasteiger partial charge on any atom is -0.490 e. The highest BCUT2D eigenvalue weighted by Crippen LogP contribution is 2.52. The molecule has 0 saturated carbocycles. The Morgan fingerprint density at radius 2 is 1.00 bits per heavy atom. The molecule has 12 heteroatoms. The summed E-state index contributed by atoms with van der Waals surface area (Å²) in [6.45, 7) is 8.33. The van der Waals surface area contributed by atoms with Gasteiger partial charge in [-0.05, 0) is 75.6 Å². The zero-order valence-electron chi connectivity index (χ0n) is 22.2. The summed E-state index contributed by atoms with van der Waals surface area (Å²) in [5, 5.41) is 0. The van der Waals surface area contributed by atoms with Crippen molar-refractivity contribution in [3.63, 3.8) is 0 Å². The van der Waals surface area contributed by atoms with Gasteiger partial charge in [-0.1, -0.05) is 30.3 Å². The average molecular weight is 576 g/mol. The van der Waals surface area contributed by atoms with Crippen molar-refractivity contribution in [1.82, 2.24) is 0 Å². The standard InChI is InChI=1S/C27H30O10P2/c1-6-34-20-12-8-10-14-22(20)36-38(30,31)26(28)24-17(3)16-18(4)25(19(24)5)27(29)39(32,33)37-23-15-11-9-13-21(23)35-7-2/h8-16H,6-7H2,1-5H3,(H,30,31)(H,32,33). The Morgan fingerprint density at radius 3 is 1.33 bits per heavy atom. The van der Waals surface area contributed by atoms with Crippen LogP contribution in [0.4, 0.5) is 0 Å². The van der Waals surface area contributed by atoms with Crippen molar-refractivity contribution in [2.45, 2.75) is 34.6 Å². The monoisotopic (exact) mass is 576 g/mol. The number of rotatable bonds is 12. The van der Waals surface area contributed by atoms with Gasteiger partial charge in [0, 0.05) is 11.1 Å². The molecule has 0 aliphatic rings. The van der Waals surface area contributed by atoms with Gasteiger partial charge in [-0.15, -0.1) is 0 Å². The van der Waals surface area contributed by atoms with Crippen LogP contribution in [0.25, 0.3) is 0 Å². The van der Waals surface area contributed by atoms with Gasteiger partial charge in [0.1, 0.15) is 0 Å². The van der Waals surface area contributed by atoms with E-state index >= 15 is 0 Å². The first-order valence-electron chi connectivity index (χ1n) is 12.0. The fourth-order valence-corrected chi connectivity index (χ4v) is 6.33. The van der Waals surface area contributed by atoms with Gasteiger partial charge in [0.2, 0.25) is 0 Å². The number of hydrogen-bond acceptors (Lipinski definition) is 8. The van der Waals surface area contributed by atoms with Crippen molar-refractivity contribution < 1.29 is 47.0 Å². The van der Waals surface area contributed by atoms with Gasteiger partial charge >= 0.3 is 15.2 Å². The highest BCUT2D eigenvalue weighted by atomic mass is 31.2. The molecule has 0 heterocycles. The maximum Gasteiger partial charge on any atom is 0.448 e. The summed E-state index contributed by atoms with van der Waals surface area (Å²) in [4.78, 5) is 48.0. The third-order valence-electron chi connectivity index (χ3n) is 5.65. The molecule has 0 aliphatic carbocycles. The van der Waals surface area contributed by atoms with Crippen LogP contribution in [0.2, 0.25) is 0 Å². The number of hydrogen-bond donors (Lipinski definition) is 2. The lowest BCUT2D eigenvalue weighted by Crippen LogP contribution is -2.16. The van der Waals surface area contributed by atoms with E-state index in [-0.39, 0.29) is 64.0 Å². The molecule has 0 aliphatic heterocycles. The van der Waals surface area contributed by atoms with Crippen molar-refractivity contribution in [2.75, 3.05) is 13.2 Å². The van der Waals surface area contributed by atoms with Gasteiger partial charge in [0.25, 0.3) is 11.0 Å². The van der Waals surface area contributed by atoms with E-state index in [9.17, 15) is 28.5 Å². The lowest BCUT2D eigenvalue weighted by atomic mass is 9.94. The Labute approximate surface area is 226 Å². The Morgan fingerprint density at radius 1 is 0.667 bits per heavy atom. The zero-order chi connectivity index (χ0) is 29.0. The molecule has 3 aromatic carbocycles. The lowest BCUT2D eigenvalue weighted by Gasteiger charge is -2.21. The predicted octanol–water partition coefficient (Wildman–Crippen LogP) is 6.22. The first-order chi connectivity index (χ1) is 18.3. The lowest BCUT2D eigenvalue weighted by molar-refractivity contribution is 0.104. The highest BCUT2D eigenvalue weighted by Gasteiger charge is 2.41. The minimum atomic E-state index is -5.02. The molecule has 0 aromatic heterocycles. The van der Waals surface area contributed by atoms with Crippen LogP contribution in [-0.4, -0.2) is 34.0 Å². The van der Waals surface area contributed by atoms with Crippen LogP contribution < -0.4 is 18.5 Å². The molecule has 2 N–H and O–H groups in total. The molecular weight excluding hydrogens is 546 g/mol. The zero-order valence-corrected chi connectivity index (χ0v) is 24.0. The van der Waals surface area contributed by atoms with Crippen molar-refractivity contribution in [2.24, 2.45) is 0 Å². The van der Waals surface area contributed by atoms with E-state index < -0.39 is 26.2 Å². The van der Waals surface area contributed by atoms with Crippen LogP contribution in [-0.2, 0) is 9.13 Å². The molecule has 0 fully saturated rings. The second-order valence-corrected chi connectivity index (χ2v) is 11.7. The quantitative estimate of drug-likeness (QED) is 0.238. The largest absolute Gasteiger partial charge is 0.490 e. The van der Waals surface area contributed by atoms with Crippen LogP contribution in [0.15, 0.2) is 54.6 Å². The molecule has 39 heavy (non-hydrogen) atoms. The molecule has 0 saturated heterocycles. The molecule has 3 aromatic rings. The maximum absolute atomic E-state index is 13.4. The van der Waals surface area contributed by atoms with E-state index in [1.165, 1.54) is 51.1 Å². The topological polar surface area (TPSA) is 146 Å². The number of para-hydroxylation sites is 4. The van der Waals surface area contributed by atoms with Crippen molar-refractivity contribution >= 4 is 26.2 Å². The number of benzene rings is 3. The average Bonchev–Trinajstić information content (AvgIpc) is 2.86. The van der Waals surface area contributed by atoms with Gasteiger partial charge in [-0.3, -0.25) is 9.59 Å². The molecule has 0 amide bonds. The fourth-order valence-electron chi connectivity index (χ4n) is 4.08. The summed E-state index contributed by atoms with van der Waals surface area (Å²) in [5.74, 6) is 0.110. The second kappa shape index (κ2) is 12.2. The first-order valence-corrected chi connectivity index (χ1v) is 15.2. The van der Waals surface area contributed by atoms with Gasteiger partial charge in [0.15, 0.2) is 23.0 Å². The van der Waals surface area contributed by atoms with E-state index in [4.69, 9.17) is 18.5 Å². The molecule has 2 unspecified atom stereocenters. The molecular formula is C27H30O10P2. The summed E-state index contributed by atoms with van der Waals surface area (Å²) >= 11 is 0. The number of aryl methyl sites for hydroxylation is 2. The van der Waals surface area contributed by atoms with Crippen molar-refractivity contribution in [1.29, 1.82) is 0 Å². The molecule has 0 bridgehead atoms. The van der Waals surface area contributed by atoms with Crippen molar-refractivity contribution in [3.8, 4) is 23.0 Å². The molecule has 3 rings (SSSR count). The Bertz CT molecular complexity index is 1390. The first kappa shape index (κ1) is 30.1. The van der Waals surface area contributed by atoms with Crippen LogP contribution in [0.5, 0.6) is 23.0 Å². The Hall–Kier alpha value is -3.42. The van der Waals surface area contributed by atoms with Crippen LogP contribution >= 0.6 is 15.2 Å². The Kier molecular flexibility index (Phi) is 9.41. The second-order valence-electron chi connectivity index (χ2n) is 8.48. The highest BCUT2D eigenvalue weighted by molar-refractivity contribution is 7.72. The fraction of sp³-hybridized carbons (Fsp3) is 0.259. The number of ether oxygens (including phenoxy) is 2. The maximum atomic E-state index is 13.4. The van der Waals surface area contributed by atoms with Gasteiger partial charge < -0.3 is 28.3 Å². The summed E-state index contributed by atoms with van der Waals surface area (Å²) < 4.78 is 47.6. The van der Waals surface area contributed by atoms with E-state index in [0.717, 1.165) is 0 Å². The number of carbonyl (C=O) groups excluding carboxylic acids is 2. The molecule has 10 nitrogen and oxygen atoms in total. The summed E-state index contributed by atoms with van der Waals surface area (Å²) in [7, 11) is -10.0. The third-order valence-corrected chi connectivity index (χ3v) is 8.02. The number of carbonyl (C=O) groups is 2. The van der Waals surface area contributed by atoms with E-state index in [0.29, 0.717) is 0 Å². The third kappa shape index (κ3) is 6.60. The van der Waals surface area contributed by atoms with Gasteiger partial charge in [0.05, 0.1) is 13.2 Å². The minimum absolute atomic E-state index is 0.0607. The van der Waals surface area contributed by atoms with Crippen molar-refractivity contribution in [3.05, 3.63) is 82.4 Å². The van der Waals surface area contributed by atoms with Crippen LogP contribution in [0.1, 0.15) is 51.3 Å². The summed E-state index contributed by atoms with van der Waals surface area (Å²) in [6, 6.07) is 13.6. The summed E-state index contributed by atoms with van der Waals surface area (Å²) in [5.41, 5.74) is -2.64. The van der Waals surface area contributed by atoms with Gasteiger partial charge in [-0.25, -0.2) is 9.13 Å². The van der Waals surface area contributed by atoms with Gasteiger partial charge in [-0.2, -0.15) is 0 Å². The Balaban J connectivity index is 2.02. The van der Waals surface area contributed by atoms with E-state index in [1.807, 2.05) is 0 Å². The molecule has 0 spiro atoms. The smallest absolute Gasteiger partial charge is 0.448 e. The SMILES string of the molecule is CCOc1ccccc1OP(=O)(O)C(=O)c1c(C)cc(C)c(C(=O)P(=O)(O)Oc2ccccc2OCC)c1C. The van der Waals surface area contributed by atoms with Crippen LogP contribution in [0, 0.1) is 20.8 Å². The summed E-state index contributed by atoms with van der Waals surface area (Å²) in [6.07, 6.45) is 0. The van der Waals surface area contributed by atoms with Crippen LogP contribution in [0.3, 0.4) is 0 Å². The molecule has 208 valence electrons.